The van der Waals surface area contributed by atoms with Gasteiger partial charge in [-0.25, -0.2) is 4.79 Å². The Morgan fingerprint density at radius 2 is 1.81 bits per heavy atom. The molecular formula is C21H18N2O3S. The predicted molar refractivity (Wildman–Crippen MR) is 105 cm³/mol. The molecule has 0 unspecified atom stereocenters. The highest BCUT2D eigenvalue weighted by Gasteiger charge is 2.23. The predicted octanol–water partition coefficient (Wildman–Crippen LogP) is 5.49. The van der Waals surface area contributed by atoms with E-state index >= 15 is 0 Å². The van der Waals surface area contributed by atoms with Crippen molar-refractivity contribution in [2.45, 2.75) is 26.9 Å². The Morgan fingerprint density at radius 1 is 1.07 bits per heavy atom. The lowest BCUT2D eigenvalue weighted by Gasteiger charge is -2.08. The largest absolute Gasteiger partial charge is 0.448 e. The maximum Gasteiger partial charge on any atom is 0.349 e. The molecule has 0 fully saturated rings. The minimum atomic E-state index is -0.631. The maximum absolute atomic E-state index is 12.6. The third-order valence-corrected chi connectivity index (χ3v) is 5.65. The molecule has 27 heavy (non-hydrogen) atoms. The number of thiophene rings is 1. The van der Waals surface area contributed by atoms with Gasteiger partial charge in [-0.3, -0.25) is 0 Å². The van der Waals surface area contributed by atoms with Crippen LogP contribution >= 0.6 is 11.3 Å². The molecule has 136 valence electrons. The molecule has 0 amide bonds. The van der Waals surface area contributed by atoms with E-state index in [1.807, 2.05) is 62.4 Å². The van der Waals surface area contributed by atoms with Crippen molar-refractivity contribution in [3.8, 4) is 11.5 Å². The Labute approximate surface area is 160 Å². The van der Waals surface area contributed by atoms with Gasteiger partial charge in [-0.1, -0.05) is 35.9 Å². The van der Waals surface area contributed by atoms with Crippen LogP contribution in [0.5, 0.6) is 0 Å². The van der Waals surface area contributed by atoms with E-state index in [0.29, 0.717) is 10.8 Å². The van der Waals surface area contributed by atoms with Gasteiger partial charge < -0.3 is 9.15 Å². The van der Waals surface area contributed by atoms with Crippen LogP contribution in [0.15, 0.2) is 52.9 Å². The Morgan fingerprint density at radius 3 is 2.56 bits per heavy atom. The molecule has 5 nitrogen and oxygen atoms in total. The van der Waals surface area contributed by atoms with Crippen molar-refractivity contribution in [3.63, 3.8) is 0 Å². The number of hydrogen-bond acceptors (Lipinski definition) is 6. The SMILES string of the molecule is Cc1ccc(-c2nnc([C@H](C)OC(=O)c3sc4ccccc4c3C)o2)cc1. The lowest BCUT2D eigenvalue weighted by atomic mass is 10.1. The highest BCUT2D eigenvalue weighted by Crippen LogP contribution is 2.32. The Kier molecular flexibility index (Phi) is 4.49. The summed E-state index contributed by atoms with van der Waals surface area (Å²) < 4.78 is 12.3. The molecule has 0 bridgehead atoms. The number of ether oxygens (including phenoxy) is 1. The normalized spacial score (nSPS) is 12.3. The fraction of sp³-hybridized carbons (Fsp3) is 0.190. The van der Waals surface area contributed by atoms with Crippen LogP contribution in [0.3, 0.4) is 0 Å². The first-order chi connectivity index (χ1) is 13.0. The van der Waals surface area contributed by atoms with Crippen LogP contribution in [0.25, 0.3) is 21.5 Å². The number of esters is 1. The maximum atomic E-state index is 12.6. The fourth-order valence-corrected chi connectivity index (χ4v) is 3.94. The summed E-state index contributed by atoms with van der Waals surface area (Å²) in [6, 6.07) is 15.7. The number of aromatic nitrogens is 2. The van der Waals surface area contributed by atoms with E-state index in [9.17, 15) is 4.79 Å². The molecule has 0 saturated heterocycles. The van der Waals surface area contributed by atoms with Gasteiger partial charge in [-0.2, -0.15) is 0 Å². The lowest BCUT2D eigenvalue weighted by Crippen LogP contribution is -2.09. The van der Waals surface area contributed by atoms with Gasteiger partial charge in [-0.05, 0) is 49.9 Å². The summed E-state index contributed by atoms with van der Waals surface area (Å²) in [6.07, 6.45) is -0.631. The van der Waals surface area contributed by atoms with Crippen LogP contribution in [0.2, 0.25) is 0 Å². The summed E-state index contributed by atoms with van der Waals surface area (Å²) in [7, 11) is 0. The van der Waals surface area contributed by atoms with Gasteiger partial charge in [-0.15, -0.1) is 21.5 Å². The molecular weight excluding hydrogens is 360 g/mol. The van der Waals surface area contributed by atoms with Crippen LogP contribution < -0.4 is 0 Å². The quantitative estimate of drug-likeness (QED) is 0.440. The molecule has 1 atom stereocenters. The van der Waals surface area contributed by atoms with Gasteiger partial charge in [0.2, 0.25) is 5.89 Å². The Hall–Kier alpha value is -2.99. The molecule has 0 radical (unpaired) electrons. The molecule has 0 spiro atoms. The molecule has 0 aliphatic rings. The van der Waals surface area contributed by atoms with Gasteiger partial charge >= 0.3 is 5.97 Å². The minimum absolute atomic E-state index is 0.276. The van der Waals surface area contributed by atoms with Gasteiger partial charge in [0.15, 0.2) is 6.10 Å². The standard InChI is InChI=1S/C21H18N2O3S/c1-12-8-10-15(11-9-12)20-23-22-19(26-20)14(3)25-21(24)18-13(2)16-6-4-5-7-17(16)27-18/h4-11,14H,1-3H3/t14-/m0/s1. The zero-order valence-electron chi connectivity index (χ0n) is 15.2. The number of benzene rings is 2. The van der Waals surface area contributed by atoms with Gasteiger partial charge in [0.05, 0.1) is 0 Å². The van der Waals surface area contributed by atoms with Crippen molar-refractivity contribution in [3.05, 3.63) is 70.4 Å². The van der Waals surface area contributed by atoms with Crippen LogP contribution in [0.1, 0.15) is 39.7 Å². The highest BCUT2D eigenvalue weighted by atomic mass is 32.1. The zero-order chi connectivity index (χ0) is 19.0. The van der Waals surface area contributed by atoms with E-state index in [0.717, 1.165) is 26.8 Å². The van der Waals surface area contributed by atoms with E-state index in [1.165, 1.54) is 11.3 Å². The zero-order valence-corrected chi connectivity index (χ0v) is 16.0. The van der Waals surface area contributed by atoms with E-state index in [1.54, 1.807) is 6.92 Å². The summed E-state index contributed by atoms with van der Waals surface area (Å²) in [5.74, 6) is 0.305. The second-order valence-electron chi connectivity index (χ2n) is 6.41. The molecule has 2 aromatic carbocycles. The van der Waals surface area contributed by atoms with Crippen LogP contribution in [0, 0.1) is 13.8 Å². The molecule has 2 aromatic heterocycles. The number of rotatable bonds is 4. The van der Waals surface area contributed by atoms with Gasteiger partial charge in [0, 0.05) is 10.3 Å². The first kappa shape index (κ1) is 17.4. The average Bonchev–Trinajstić information content (AvgIpc) is 3.28. The molecule has 2 heterocycles. The number of carbonyl (C=O) groups is 1. The fourth-order valence-electron chi connectivity index (χ4n) is 2.85. The van der Waals surface area contributed by atoms with Crippen molar-refractivity contribution < 1.29 is 13.9 Å². The van der Waals surface area contributed by atoms with Gasteiger partial charge in [0.1, 0.15) is 4.88 Å². The lowest BCUT2D eigenvalue weighted by molar-refractivity contribution is 0.0285. The summed E-state index contributed by atoms with van der Waals surface area (Å²) in [5.41, 5.74) is 2.91. The second-order valence-corrected chi connectivity index (χ2v) is 7.46. The van der Waals surface area contributed by atoms with E-state index in [4.69, 9.17) is 9.15 Å². The summed E-state index contributed by atoms with van der Waals surface area (Å²) in [5, 5.41) is 9.17. The molecule has 0 N–H and O–H groups in total. The van der Waals surface area contributed by atoms with Gasteiger partial charge in [0.25, 0.3) is 5.89 Å². The molecule has 0 saturated carbocycles. The van der Waals surface area contributed by atoms with Crippen LogP contribution in [0.4, 0.5) is 0 Å². The Bertz CT molecular complexity index is 1110. The van der Waals surface area contributed by atoms with Crippen molar-refractivity contribution in [2.75, 3.05) is 0 Å². The number of hydrogen-bond donors (Lipinski definition) is 0. The monoisotopic (exact) mass is 378 g/mol. The summed E-state index contributed by atoms with van der Waals surface area (Å²) in [4.78, 5) is 13.2. The topological polar surface area (TPSA) is 65.2 Å². The minimum Gasteiger partial charge on any atom is -0.448 e. The number of fused-ring (bicyclic) bond motifs is 1. The summed E-state index contributed by atoms with van der Waals surface area (Å²) >= 11 is 1.43. The molecule has 4 rings (SSSR count). The first-order valence-corrected chi connectivity index (χ1v) is 9.44. The van der Waals surface area contributed by atoms with E-state index in [2.05, 4.69) is 10.2 Å². The molecule has 4 aromatic rings. The number of carbonyl (C=O) groups excluding carboxylic acids is 1. The Balaban J connectivity index is 1.53. The molecule has 0 aliphatic heterocycles. The van der Waals surface area contributed by atoms with E-state index < -0.39 is 6.10 Å². The van der Waals surface area contributed by atoms with Crippen LogP contribution in [-0.4, -0.2) is 16.2 Å². The second kappa shape index (κ2) is 6.96. The van der Waals surface area contributed by atoms with Crippen molar-refractivity contribution in [2.24, 2.45) is 0 Å². The van der Waals surface area contributed by atoms with Crippen molar-refractivity contribution >= 4 is 27.4 Å². The van der Waals surface area contributed by atoms with Crippen molar-refractivity contribution in [1.29, 1.82) is 0 Å². The smallest absolute Gasteiger partial charge is 0.349 e. The number of aryl methyl sites for hydroxylation is 2. The van der Waals surface area contributed by atoms with Crippen LogP contribution in [-0.2, 0) is 4.74 Å². The first-order valence-electron chi connectivity index (χ1n) is 8.62. The average molecular weight is 378 g/mol. The highest BCUT2D eigenvalue weighted by molar-refractivity contribution is 7.21. The number of nitrogens with zero attached hydrogens (tertiary/aromatic N) is 2. The van der Waals surface area contributed by atoms with E-state index in [-0.39, 0.29) is 11.9 Å². The third-order valence-electron chi connectivity index (χ3n) is 4.40. The molecule has 0 aliphatic carbocycles. The molecule has 6 heteroatoms. The summed E-state index contributed by atoms with van der Waals surface area (Å²) in [6.45, 7) is 5.68. The van der Waals surface area contributed by atoms with Crippen molar-refractivity contribution in [1.82, 2.24) is 10.2 Å². The third kappa shape index (κ3) is 3.36.